The quantitative estimate of drug-likeness (QED) is 0.383. The lowest BCUT2D eigenvalue weighted by atomic mass is 10.00. The Balaban J connectivity index is 2.30. The third-order valence-electron chi connectivity index (χ3n) is 3.75. The third-order valence-corrected chi connectivity index (χ3v) is 3.75. The molecule has 0 spiro atoms. The molecule has 0 N–H and O–H groups in total. The molecule has 0 aliphatic carbocycles. The first kappa shape index (κ1) is 9.28. The summed E-state index contributed by atoms with van der Waals surface area (Å²) in [4.78, 5) is 0. The van der Waals surface area contributed by atoms with E-state index in [1.807, 2.05) is 12.1 Å². The average molecular weight is 248 g/mol. The van der Waals surface area contributed by atoms with E-state index < -0.39 is 0 Å². The Morgan fingerprint density at radius 3 is 2.42 bits per heavy atom. The molecular weight excluding hydrogens is 240 g/mol. The zero-order valence-corrected chi connectivity index (χ0v) is 9.84. The van der Waals surface area contributed by atoms with Crippen molar-refractivity contribution in [2.75, 3.05) is 0 Å². The second kappa shape index (κ2) is 3.01. The minimum atomic E-state index is 0.851. The summed E-state index contributed by atoms with van der Waals surface area (Å²) in [6.45, 7) is 0. The van der Waals surface area contributed by atoms with Gasteiger partial charge in [-0.1, -0.05) is 12.1 Å². The monoisotopic (exact) mass is 248 g/mol. The van der Waals surface area contributed by atoms with Crippen molar-refractivity contribution in [3.8, 4) is 0 Å². The molecular formula is C16H8O3. The van der Waals surface area contributed by atoms with Crippen molar-refractivity contribution < 1.29 is 13.3 Å². The number of benzene rings is 2. The van der Waals surface area contributed by atoms with Gasteiger partial charge in [-0.15, -0.1) is 0 Å². The molecule has 0 saturated carbocycles. The molecule has 3 heteroatoms. The molecule has 90 valence electrons. The maximum Gasteiger partial charge on any atom is 0.146 e. The summed E-state index contributed by atoms with van der Waals surface area (Å²) in [6, 6.07) is 8.09. The Kier molecular flexibility index (Phi) is 1.47. The van der Waals surface area contributed by atoms with E-state index >= 15 is 0 Å². The van der Waals surface area contributed by atoms with Crippen LogP contribution in [0.5, 0.6) is 0 Å². The molecule has 0 bridgehead atoms. The van der Waals surface area contributed by atoms with Gasteiger partial charge in [-0.3, -0.25) is 0 Å². The van der Waals surface area contributed by atoms with Crippen LogP contribution in [0.25, 0.3) is 43.5 Å². The summed E-state index contributed by atoms with van der Waals surface area (Å²) in [5.74, 6) is 0. The Morgan fingerprint density at radius 1 is 0.632 bits per heavy atom. The molecule has 0 amide bonds. The minimum absolute atomic E-state index is 0.851. The zero-order chi connectivity index (χ0) is 12.4. The van der Waals surface area contributed by atoms with Gasteiger partial charge in [0.25, 0.3) is 0 Å². The lowest BCUT2D eigenvalue weighted by Crippen LogP contribution is -1.77. The molecule has 0 aliphatic heterocycles. The molecule has 3 heterocycles. The molecule has 2 aromatic carbocycles. The SMILES string of the molecule is c1cc2c3ccc4cocc4c3c3occc3c2o1. The molecule has 0 unspecified atom stereocenters. The number of hydrogen-bond donors (Lipinski definition) is 0. The highest BCUT2D eigenvalue weighted by Crippen LogP contribution is 2.39. The van der Waals surface area contributed by atoms with Gasteiger partial charge in [-0.05, 0) is 17.5 Å². The van der Waals surface area contributed by atoms with Crippen LogP contribution >= 0.6 is 0 Å². The Hall–Kier alpha value is -2.68. The van der Waals surface area contributed by atoms with Crippen molar-refractivity contribution in [2.45, 2.75) is 0 Å². The van der Waals surface area contributed by atoms with Crippen LogP contribution in [0.2, 0.25) is 0 Å². The molecule has 0 saturated heterocycles. The molecule has 3 nitrogen and oxygen atoms in total. The zero-order valence-electron chi connectivity index (χ0n) is 9.84. The third kappa shape index (κ3) is 0.993. The molecule has 19 heavy (non-hydrogen) atoms. The van der Waals surface area contributed by atoms with E-state index in [0.29, 0.717) is 0 Å². The van der Waals surface area contributed by atoms with E-state index in [0.717, 1.165) is 43.5 Å². The van der Waals surface area contributed by atoms with Crippen molar-refractivity contribution in [3.63, 3.8) is 0 Å². The van der Waals surface area contributed by atoms with E-state index in [1.54, 1.807) is 25.1 Å². The molecule has 0 fully saturated rings. The van der Waals surface area contributed by atoms with Crippen molar-refractivity contribution in [1.82, 2.24) is 0 Å². The van der Waals surface area contributed by atoms with Gasteiger partial charge in [-0.25, -0.2) is 0 Å². The summed E-state index contributed by atoms with van der Waals surface area (Å²) < 4.78 is 16.6. The lowest BCUT2D eigenvalue weighted by Gasteiger charge is -2.02. The van der Waals surface area contributed by atoms with E-state index in [9.17, 15) is 0 Å². The molecule has 0 radical (unpaired) electrons. The fourth-order valence-electron chi connectivity index (χ4n) is 2.92. The van der Waals surface area contributed by atoms with Crippen LogP contribution in [0.15, 0.2) is 62.6 Å². The summed E-state index contributed by atoms with van der Waals surface area (Å²) in [5, 5.41) is 6.46. The highest BCUT2D eigenvalue weighted by atomic mass is 16.3. The fourth-order valence-corrected chi connectivity index (χ4v) is 2.92. The Bertz CT molecular complexity index is 1060. The molecule has 0 aliphatic rings. The van der Waals surface area contributed by atoms with Crippen LogP contribution < -0.4 is 0 Å². The van der Waals surface area contributed by atoms with Gasteiger partial charge in [-0.2, -0.15) is 0 Å². The largest absolute Gasteiger partial charge is 0.471 e. The van der Waals surface area contributed by atoms with Gasteiger partial charge < -0.3 is 13.3 Å². The van der Waals surface area contributed by atoms with Gasteiger partial charge in [0.15, 0.2) is 0 Å². The second-order valence-corrected chi connectivity index (χ2v) is 4.69. The van der Waals surface area contributed by atoms with Gasteiger partial charge in [0, 0.05) is 21.5 Å². The summed E-state index contributed by atoms with van der Waals surface area (Å²) in [5.41, 5.74) is 1.73. The smallest absolute Gasteiger partial charge is 0.146 e. The first-order chi connectivity index (χ1) is 9.43. The van der Waals surface area contributed by atoms with Gasteiger partial charge >= 0.3 is 0 Å². The predicted octanol–water partition coefficient (Wildman–Crippen LogP) is 5.08. The summed E-state index contributed by atoms with van der Waals surface area (Å²) in [6.07, 6.45) is 6.94. The second-order valence-electron chi connectivity index (χ2n) is 4.69. The highest BCUT2D eigenvalue weighted by molar-refractivity contribution is 6.28. The van der Waals surface area contributed by atoms with Crippen LogP contribution in [0.3, 0.4) is 0 Å². The minimum Gasteiger partial charge on any atom is -0.471 e. The van der Waals surface area contributed by atoms with Crippen LogP contribution in [-0.4, -0.2) is 0 Å². The summed E-state index contributed by atoms with van der Waals surface area (Å²) in [7, 11) is 0. The van der Waals surface area contributed by atoms with E-state index in [-0.39, 0.29) is 0 Å². The first-order valence-corrected chi connectivity index (χ1v) is 6.08. The van der Waals surface area contributed by atoms with Gasteiger partial charge in [0.05, 0.1) is 30.4 Å². The van der Waals surface area contributed by atoms with Gasteiger partial charge in [0.2, 0.25) is 0 Å². The summed E-state index contributed by atoms with van der Waals surface area (Å²) >= 11 is 0. The van der Waals surface area contributed by atoms with E-state index in [2.05, 4.69) is 12.1 Å². The van der Waals surface area contributed by atoms with Crippen LogP contribution in [-0.2, 0) is 0 Å². The van der Waals surface area contributed by atoms with Crippen LogP contribution in [0, 0.1) is 0 Å². The number of rotatable bonds is 0. The van der Waals surface area contributed by atoms with Gasteiger partial charge in [0.1, 0.15) is 11.2 Å². The van der Waals surface area contributed by atoms with Crippen molar-refractivity contribution in [2.24, 2.45) is 0 Å². The maximum absolute atomic E-state index is 5.68. The fraction of sp³-hybridized carbons (Fsp3) is 0. The number of hydrogen-bond acceptors (Lipinski definition) is 3. The number of fused-ring (bicyclic) bond motifs is 8. The molecule has 3 aromatic heterocycles. The topological polar surface area (TPSA) is 39.4 Å². The van der Waals surface area contributed by atoms with Crippen LogP contribution in [0.1, 0.15) is 0 Å². The Morgan fingerprint density at radius 2 is 1.47 bits per heavy atom. The van der Waals surface area contributed by atoms with Crippen molar-refractivity contribution in [1.29, 1.82) is 0 Å². The van der Waals surface area contributed by atoms with E-state index in [1.165, 1.54) is 0 Å². The normalized spacial score (nSPS) is 12.2. The lowest BCUT2D eigenvalue weighted by molar-refractivity contribution is 0.572. The standard InChI is InChI=1S/C16H8O3/c1-2-10-11-3-5-18-15(11)12-4-6-19-16(12)14(10)13-8-17-7-9(1)13/h1-8H. The van der Waals surface area contributed by atoms with Crippen molar-refractivity contribution in [3.05, 3.63) is 49.3 Å². The van der Waals surface area contributed by atoms with Crippen LogP contribution in [0.4, 0.5) is 0 Å². The highest BCUT2D eigenvalue weighted by Gasteiger charge is 2.15. The number of furan rings is 3. The average Bonchev–Trinajstić information content (AvgIpc) is 3.17. The first-order valence-electron chi connectivity index (χ1n) is 6.08. The predicted molar refractivity (Wildman–Crippen MR) is 73.3 cm³/mol. The molecule has 0 atom stereocenters. The molecule has 5 aromatic rings. The van der Waals surface area contributed by atoms with E-state index in [4.69, 9.17) is 13.3 Å². The van der Waals surface area contributed by atoms with Crippen molar-refractivity contribution >= 4 is 43.5 Å². The Labute approximate surface area is 107 Å². The molecule has 5 rings (SSSR count). The maximum atomic E-state index is 5.68.